The molecule has 0 N–H and O–H groups in total. The van der Waals surface area contributed by atoms with E-state index in [2.05, 4.69) is 0 Å². The van der Waals surface area contributed by atoms with Crippen molar-refractivity contribution in [2.24, 2.45) is 0 Å². The largest absolute Gasteiger partial charge is 0.462 e. The molecule has 1 saturated carbocycles. The molecule has 0 amide bonds. The molecule has 1 aromatic carbocycles. The van der Waals surface area contributed by atoms with E-state index in [0.717, 1.165) is 12.8 Å². The van der Waals surface area contributed by atoms with Gasteiger partial charge < -0.3 is 18.9 Å². The summed E-state index contributed by atoms with van der Waals surface area (Å²) >= 11 is 6.27. The van der Waals surface area contributed by atoms with Crippen molar-refractivity contribution in [3.8, 4) is 0 Å². The summed E-state index contributed by atoms with van der Waals surface area (Å²) in [6.45, 7) is 3.98. The van der Waals surface area contributed by atoms with Crippen LogP contribution in [0.15, 0.2) is 17.1 Å². The summed E-state index contributed by atoms with van der Waals surface area (Å²) in [7, 11) is 0. The molecular formula is C20H22ClFN2O4. The number of halogens is 2. The number of ether oxygens (including phenoxy) is 2. The summed E-state index contributed by atoms with van der Waals surface area (Å²) in [4.78, 5) is 27.2. The third-order valence-electron chi connectivity index (χ3n) is 5.24. The molecule has 28 heavy (non-hydrogen) atoms. The Balaban J connectivity index is 2.00. The van der Waals surface area contributed by atoms with E-state index < -0.39 is 17.2 Å². The van der Waals surface area contributed by atoms with Crippen molar-refractivity contribution in [2.45, 2.75) is 31.7 Å². The van der Waals surface area contributed by atoms with Crippen LogP contribution >= 0.6 is 11.6 Å². The molecular weight excluding hydrogens is 387 g/mol. The maximum Gasteiger partial charge on any atom is 0.343 e. The Labute approximate surface area is 166 Å². The van der Waals surface area contributed by atoms with Gasteiger partial charge >= 0.3 is 5.97 Å². The number of aromatic nitrogens is 1. The van der Waals surface area contributed by atoms with Crippen LogP contribution in [0.5, 0.6) is 0 Å². The van der Waals surface area contributed by atoms with Crippen molar-refractivity contribution < 1.29 is 18.7 Å². The molecule has 0 unspecified atom stereocenters. The Hall–Kier alpha value is -2.12. The highest BCUT2D eigenvalue weighted by molar-refractivity contribution is 6.18. The molecule has 4 rings (SSSR count). The first-order chi connectivity index (χ1) is 13.6. The van der Waals surface area contributed by atoms with Crippen molar-refractivity contribution >= 4 is 34.2 Å². The zero-order chi connectivity index (χ0) is 19.8. The monoisotopic (exact) mass is 408 g/mol. The molecule has 2 fully saturated rings. The zero-order valence-electron chi connectivity index (χ0n) is 15.7. The molecule has 0 atom stereocenters. The van der Waals surface area contributed by atoms with Crippen molar-refractivity contribution in [1.82, 2.24) is 4.57 Å². The van der Waals surface area contributed by atoms with Gasteiger partial charge in [0.2, 0.25) is 5.43 Å². The average molecular weight is 409 g/mol. The van der Waals surface area contributed by atoms with Gasteiger partial charge in [0, 0.05) is 36.3 Å². The molecule has 150 valence electrons. The van der Waals surface area contributed by atoms with E-state index in [9.17, 15) is 9.59 Å². The van der Waals surface area contributed by atoms with Crippen molar-refractivity contribution in [3.05, 3.63) is 39.4 Å². The van der Waals surface area contributed by atoms with E-state index in [0.29, 0.717) is 43.1 Å². The van der Waals surface area contributed by atoms with E-state index in [1.807, 2.05) is 9.47 Å². The Morgan fingerprint density at radius 3 is 2.68 bits per heavy atom. The van der Waals surface area contributed by atoms with E-state index in [-0.39, 0.29) is 29.5 Å². The lowest BCUT2D eigenvalue weighted by molar-refractivity contribution is 0.0524. The van der Waals surface area contributed by atoms with Gasteiger partial charge in [-0.05, 0) is 25.8 Å². The van der Waals surface area contributed by atoms with E-state index in [4.69, 9.17) is 21.1 Å². The predicted molar refractivity (Wildman–Crippen MR) is 105 cm³/mol. The molecule has 2 aromatic rings. The van der Waals surface area contributed by atoms with Crippen LogP contribution in [0, 0.1) is 5.82 Å². The van der Waals surface area contributed by atoms with E-state index in [1.54, 1.807) is 13.1 Å². The lowest BCUT2D eigenvalue weighted by atomic mass is 10.0. The number of carbonyl (C=O) groups excluding carboxylic acids is 1. The maximum atomic E-state index is 15.2. The molecule has 8 heteroatoms. The number of rotatable bonds is 5. The third-order valence-corrected chi connectivity index (χ3v) is 5.50. The molecule has 1 aliphatic heterocycles. The molecule has 6 nitrogen and oxygen atoms in total. The topological polar surface area (TPSA) is 60.8 Å². The molecule has 1 aromatic heterocycles. The van der Waals surface area contributed by atoms with Gasteiger partial charge in [0.05, 0.1) is 36.9 Å². The number of nitrogens with zero attached hydrogens (tertiary/aromatic N) is 2. The first-order valence-electron chi connectivity index (χ1n) is 9.52. The molecule has 0 bridgehead atoms. The smallest absolute Gasteiger partial charge is 0.343 e. The number of morpholine rings is 1. The van der Waals surface area contributed by atoms with Gasteiger partial charge in [0.25, 0.3) is 0 Å². The van der Waals surface area contributed by atoms with Gasteiger partial charge in [0.1, 0.15) is 11.4 Å². The minimum absolute atomic E-state index is 0.0614. The second-order valence-corrected chi connectivity index (χ2v) is 7.31. The quantitative estimate of drug-likeness (QED) is 0.561. The molecule has 0 radical (unpaired) electrons. The average Bonchev–Trinajstić information content (AvgIpc) is 3.53. The number of hydrogen-bond acceptors (Lipinski definition) is 5. The molecule has 0 spiro atoms. The fraction of sp³-hybridized carbons (Fsp3) is 0.500. The van der Waals surface area contributed by atoms with Crippen LogP contribution < -0.4 is 10.3 Å². The molecule has 2 heterocycles. The predicted octanol–water partition coefficient (Wildman–Crippen LogP) is 3.23. The van der Waals surface area contributed by atoms with Gasteiger partial charge in [-0.1, -0.05) is 0 Å². The van der Waals surface area contributed by atoms with Crippen LogP contribution in [0.2, 0.25) is 0 Å². The van der Waals surface area contributed by atoms with Crippen molar-refractivity contribution in [3.63, 3.8) is 0 Å². The van der Waals surface area contributed by atoms with Crippen LogP contribution in [0.3, 0.4) is 0 Å². The summed E-state index contributed by atoms with van der Waals surface area (Å²) < 4.78 is 27.5. The number of fused-ring (bicyclic) bond motifs is 1. The second-order valence-electron chi connectivity index (χ2n) is 7.05. The highest BCUT2D eigenvalue weighted by Crippen LogP contribution is 2.40. The SMILES string of the molecule is CCOC(=O)c1cn(C2CC2)c2c(CCl)c(N3CCOCC3)c(F)cc2c1=O. The van der Waals surface area contributed by atoms with Crippen LogP contribution in [-0.4, -0.2) is 43.4 Å². The summed E-state index contributed by atoms with van der Waals surface area (Å²) in [6.07, 6.45) is 3.43. The van der Waals surface area contributed by atoms with Crippen molar-refractivity contribution in [1.29, 1.82) is 0 Å². The first-order valence-corrected chi connectivity index (χ1v) is 10.1. The number of carbonyl (C=O) groups is 1. The number of esters is 1. The fourth-order valence-corrected chi connectivity index (χ4v) is 4.06. The summed E-state index contributed by atoms with van der Waals surface area (Å²) in [5, 5.41) is 0.169. The van der Waals surface area contributed by atoms with Crippen LogP contribution in [0.4, 0.5) is 10.1 Å². The van der Waals surface area contributed by atoms with Gasteiger partial charge in [-0.25, -0.2) is 9.18 Å². The number of hydrogen-bond donors (Lipinski definition) is 0. The highest BCUT2D eigenvalue weighted by Gasteiger charge is 2.31. The first kappa shape index (κ1) is 19.2. The fourth-order valence-electron chi connectivity index (χ4n) is 3.81. The lowest BCUT2D eigenvalue weighted by Crippen LogP contribution is -2.37. The Morgan fingerprint density at radius 2 is 2.07 bits per heavy atom. The molecule has 2 aliphatic rings. The highest BCUT2D eigenvalue weighted by atomic mass is 35.5. The molecule has 1 aliphatic carbocycles. The second kappa shape index (κ2) is 7.72. The standard InChI is InChI=1S/C20H22ClFN2O4/c1-2-28-20(26)15-11-24(12-3-4-12)17-13(19(15)25)9-16(22)18(14(17)10-21)23-5-7-27-8-6-23/h9,11-12H,2-8,10H2,1H3. The summed E-state index contributed by atoms with van der Waals surface area (Å²) in [5.41, 5.74) is 1.02. The Kier molecular flexibility index (Phi) is 5.29. The third kappa shape index (κ3) is 3.26. The Bertz CT molecular complexity index is 981. The number of alkyl halides is 1. The van der Waals surface area contributed by atoms with Crippen LogP contribution in [-0.2, 0) is 15.4 Å². The minimum Gasteiger partial charge on any atom is -0.462 e. The van der Waals surface area contributed by atoms with Gasteiger partial charge in [0.15, 0.2) is 0 Å². The minimum atomic E-state index is -0.686. The van der Waals surface area contributed by atoms with Gasteiger partial charge in [-0.2, -0.15) is 0 Å². The van der Waals surface area contributed by atoms with Crippen LogP contribution in [0.1, 0.15) is 41.7 Å². The zero-order valence-corrected chi connectivity index (χ0v) is 16.4. The Morgan fingerprint density at radius 1 is 1.36 bits per heavy atom. The summed E-state index contributed by atoms with van der Waals surface area (Å²) in [6, 6.07) is 1.40. The number of pyridine rings is 1. The number of benzene rings is 1. The van der Waals surface area contributed by atoms with E-state index >= 15 is 4.39 Å². The normalized spacial score (nSPS) is 17.2. The van der Waals surface area contributed by atoms with Crippen molar-refractivity contribution in [2.75, 3.05) is 37.8 Å². The van der Waals surface area contributed by atoms with Crippen LogP contribution in [0.25, 0.3) is 10.9 Å². The number of anilines is 1. The van der Waals surface area contributed by atoms with Gasteiger partial charge in [-0.3, -0.25) is 4.79 Å². The summed E-state index contributed by atoms with van der Waals surface area (Å²) in [5.74, 6) is -1.13. The maximum absolute atomic E-state index is 15.2. The lowest BCUT2D eigenvalue weighted by Gasteiger charge is -2.31. The van der Waals surface area contributed by atoms with Gasteiger partial charge in [-0.15, -0.1) is 11.6 Å². The molecule has 1 saturated heterocycles. The van der Waals surface area contributed by atoms with E-state index in [1.165, 1.54) is 6.07 Å².